The van der Waals surface area contributed by atoms with Crippen molar-refractivity contribution in [3.63, 3.8) is 0 Å². The highest BCUT2D eigenvalue weighted by atomic mass is 32.2. The van der Waals surface area contributed by atoms with Gasteiger partial charge in [0.05, 0.1) is 34.2 Å². The molecule has 0 aliphatic rings. The van der Waals surface area contributed by atoms with Gasteiger partial charge in [0, 0.05) is 6.26 Å². The Kier molecular flexibility index (Phi) is 5.24. The lowest BCUT2D eigenvalue weighted by Crippen LogP contribution is -2.14. The number of amides is 1. The molecule has 1 N–H and O–H groups in total. The molecule has 2 aromatic carbocycles. The number of nitrogens with one attached hydrogen (secondary N) is 1. The van der Waals surface area contributed by atoms with Crippen LogP contribution >= 0.6 is 11.3 Å². The first kappa shape index (κ1) is 19.0. The summed E-state index contributed by atoms with van der Waals surface area (Å²) in [6.07, 6.45) is 1.22. The van der Waals surface area contributed by atoms with Gasteiger partial charge in [-0.2, -0.15) is 0 Å². The molecule has 27 heavy (non-hydrogen) atoms. The van der Waals surface area contributed by atoms with Crippen LogP contribution in [0.2, 0.25) is 0 Å². The van der Waals surface area contributed by atoms with Crippen LogP contribution in [0.25, 0.3) is 10.2 Å². The van der Waals surface area contributed by atoms with Gasteiger partial charge in [0.15, 0.2) is 15.0 Å². The molecule has 0 aliphatic carbocycles. The van der Waals surface area contributed by atoms with E-state index in [4.69, 9.17) is 4.74 Å². The lowest BCUT2D eigenvalue weighted by atomic mass is 10.1. The Balaban J connectivity index is 1.71. The van der Waals surface area contributed by atoms with E-state index < -0.39 is 15.8 Å². The standard InChI is InChI=1S/C18H16N2O5S2/c1-25-17(22)12-5-8-14-15(10-12)26-18(19-14)20-16(21)9-11-3-6-13(7-4-11)27(2,23)24/h3-8,10H,9H2,1-2H3,(H,19,20,21). The zero-order valence-electron chi connectivity index (χ0n) is 14.6. The molecule has 3 aromatic rings. The molecular formula is C18H16N2O5S2. The number of sulfone groups is 1. The number of ether oxygens (including phenoxy) is 1. The number of benzene rings is 2. The average molecular weight is 404 g/mol. The summed E-state index contributed by atoms with van der Waals surface area (Å²) in [6, 6.07) is 11.1. The van der Waals surface area contributed by atoms with Gasteiger partial charge in [-0.05, 0) is 35.9 Å². The number of hydrogen-bond donors (Lipinski definition) is 1. The number of carbonyl (C=O) groups excluding carboxylic acids is 2. The maximum atomic E-state index is 12.2. The van der Waals surface area contributed by atoms with Crippen molar-refractivity contribution in [2.24, 2.45) is 0 Å². The Morgan fingerprint density at radius 1 is 1.15 bits per heavy atom. The lowest BCUT2D eigenvalue weighted by Gasteiger charge is -2.03. The van der Waals surface area contributed by atoms with E-state index >= 15 is 0 Å². The van der Waals surface area contributed by atoms with Crippen LogP contribution in [0, 0.1) is 0 Å². The predicted octanol–water partition coefficient (Wildman–Crippen LogP) is 2.67. The van der Waals surface area contributed by atoms with Gasteiger partial charge in [-0.1, -0.05) is 23.5 Å². The molecule has 0 bridgehead atoms. The number of anilines is 1. The minimum atomic E-state index is -3.26. The van der Waals surface area contributed by atoms with E-state index in [0.29, 0.717) is 21.8 Å². The highest BCUT2D eigenvalue weighted by Crippen LogP contribution is 2.27. The van der Waals surface area contributed by atoms with Crippen LogP contribution in [0.5, 0.6) is 0 Å². The summed E-state index contributed by atoms with van der Waals surface area (Å²) in [7, 11) is -1.95. The van der Waals surface area contributed by atoms with Crippen LogP contribution in [0.1, 0.15) is 15.9 Å². The molecule has 1 amide bonds. The second-order valence-electron chi connectivity index (χ2n) is 5.83. The Morgan fingerprint density at radius 2 is 1.85 bits per heavy atom. The summed E-state index contributed by atoms with van der Waals surface area (Å²) >= 11 is 1.25. The molecule has 0 spiro atoms. The normalized spacial score (nSPS) is 11.3. The first-order valence-corrected chi connectivity index (χ1v) is 10.5. The van der Waals surface area contributed by atoms with E-state index in [9.17, 15) is 18.0 Å². The predicted molar refractivity (Wildman–Crippen MR) is 103 cm³/mol. The summed E-state index contributed by atoms with van der Waals surface area (Å²) in [5.74, 6) is -0.706. The van der Waals surface area contributed by atoms with E-state index in [1.807, 2.05) is 0 Å². The number of hydrogen-bond acceptors (Lipinski definition) is 7. The van der Waals surface area contributed by atoms with Crippen molar-refractivity contribution >= 4 is 48.4 Å². The number of nitrogens with zero attached hydrogens (tertiary/aromatic N) is 1. The van der Waals surface area contributed by atoms with Gasteiger partial charge in [-0.3, -0.25) is 4.79 Å². The van der Waals surface area contributed by atoms with E-state index in [2.05, 4.69) is 10.3 Å². The maximum absolute atomic E-state index is 12.2. The Bertz CT molecular complexity index is 1120. The molecule has 1 aromatic heterocycles. The van der Waals surface area contributed by atoms with Crippen molar-refractivity contribution < 1.29 is 22.7 Å². The molecule has 140 valence electrons. The smallest absolute Gasteiger partial charge is 0.337 e. The van der Waals surface area contributed by atoms with E-state index in [0.717, 1.165) is 11.0 Å². The monoisotopic (exact) mass is 404 g/mol. The third-order valence-electron chi connectivity index (χ3n) is 3.77. The number of carbonyl (C=O) groups is 2. The summed E-state index contributed by atoms with van der Waals surface area (Å²) in [6.45, 7) is 0. The van der Waals surface area contributed by atoms with Gasteiger partial charge in [0.1, 0.15) is 0 Å². The largest absolute Gasteiger partial charge is 0.465 e. The molecule has 0 aliphatic heterocycles. The molecule has 0 fully saturated rings. The quantitative estimate of drug-likeness (QED) is 0.656. The average Bonchev–Trinajstić information content (AvgIpc) is 3.01. The van der Waals surface area contributed by atoms with Gasteiger partial charge in [0.25, 0.3) is 0 Å². The van der Waals surface area contributed by atoms with Crippen molar-refractivity contribution in [3.8, 4) is 0 Å². The van der Waals surface area contributed by atoms with Gasteiger partial charge >= 0.3 is 5.97 Å². The van der Waals surface area contributed by atoms with Crippen LogP contribution in [0.3, 0.4) is 0 Å². The van der Waals surface area contributed by atoms with Crippen molar-refractivity contribution in [3.05, 3.63) is 53.6 Å². The van der Waals surface area contributed by atoms with Crippen molar-refractivity contribution in [2.45, 2.75) is 11.3 Å². The zero-order valence-corrected chi connectivity index (χ0v) is 16.2. The number of esters is 1. The summed E-state index contributed by atoms with van der Waals surface area (Å²) < 4.78 is 28.4. The van der Waals surface area contributed by atoms with Gasteiger partial charge in [-0.25, -0.2) is 18.2 Å². The Morgan fingerprint density at radius 3 is 2.48 bits per heavy atom. The van der Waals surface area contributed by atoms with E-state index in [1.54, 1.807) is 30.3 Å². The highest BCUT2D eigenvalue weighted by molar-refractivity contribution is 7.90. The molecule has 0 saturated heterocycles. The van der Waals surface area contributed by atoms with E-state index in [1.165, 1.54) is 30.6 Å². The Labute approximate surface area is 159 Å². The number of thiazole rings is 1. The molecule has 0 saturated carbocycles. The Hall–Kier alpha value is -2.78. The highest BCUT2D eigenvalue weighted by Gasteiger charge is 2.12. The second kappa shape index (κ2) is 7.45. The molecule has 0 radical (unpaired) electrons. The van der Waals surface area contributed by atoms with Gasteiger partial charge in [0.2, 0.25) is 5.91 Å². The lowest BCUT2D eigenvalue weighted by molar-refractivity contribution is -0.115. The van der Waals surface area contributed by atoms with Crippen LogP contribution in [-0.4, -0.2) is 38.6 Å². The maximum Gasteiger partial charge on any atom is 0.337 e. The van der Waals surface area contributed by atoms with Crippen molar-refractivity contribution in [1.29, 1.82) is 0 Å². The fourth-order valence-electron chi connectivity index (χ4n) is 2.43. The molecular weight excluding hydrogens is 388 g/mol. The fourth-order valence-corrected chi connectivity index (χ4v) is 3.98. The first-order chi connectivity index (χ1) is 12.8. The summed E-state index contributed by atoms with van der Waals surface area (Å²) in [5, 5.41) is 3.14. The summed E-state index contributed by atoms with van der Waals surface area (Å²) in [4.78, 5) is 28.3. The zero-order chi connectivity index (χ0) is 19.6. The third kappa shape index (κ3) is 4.50. The number of rotatable bonds is 5. The van der Waals surface area contributed by atoms with Gasteiger partial charge in [-0.15, -0.1) is 0 Å². The molecule has 9 heteroatoms. The van der Waals surface area contributed by atoms with Crippen LogP contribution in [0.15, 0.2) is 47.4 Å². The second-order valence-corrected chi connectivity index (χ2v) is 8.88. The molecule has 3 rings (SSSR count). The molecule has 1 heterocycles. The topological polar surface area (TPSA) is 102 Å². The SMILES string of the molecule is COC(=O)c1ccc2nc(NC(=O)Cc3ccc(S(C)(=O)=O)cc3)sc2c1. The first-order valence-electron chi connectivity index (χ1n) is 7.84. The number of methoxy groups -OCH3 is 1. The van der Waals surface area contributed by atoms with Crippen LogP contribution < -0.4 is 5.32 Å². The van der Waals surface area contributed by atoms with Crippen molar-refractivity contribution in [1.82, 2.24) is 4.98 Å². The third-order valence-corrected chi connectivity index (χ3v) is 5.83. The molecule has 7 nitrogen and oxygen atoms in total. The van der Waals surface area contributed by atoms with E-state index in [-0.39, 0.29) is 17.2 Å². The minimum absolute atomic E-state index is 0.0907. The fraction of sp³-hybridized carbons (Fsp3) is 0.167. The number of fused-ring (bicyclic) bond motifs is 1. The summed E-state index contributed by atoms with van der Waals surface area (Å²) in [5.41, 5.74) is 1.77. The van der Waals surface area contributed by atoms with Gasteiger partial charge < -0.3 is 10.1 Å². The molecule has 0 unspecified atom stereocenters. The minimum Gasteiger partial charge on any atom is -0.465 e. The number of aromatic nitrogens is 1. The molecule has 0 atom stereocenters. The van der Waals surface area contributed by atoms with Crippen LogP contribution in [-0.2, 0) is 25.8 Å². The van der Waals surface area contributed by atoms with Crippen LogP contribution in [0.4, 0.5) is 5.13 Å². The van der Waals surface area contributed by atoms with Crippen molar-refractivity contribution in [2.75, 3.05) is 18.7 Å².